The molecular weight excluding hydrogens is 356 g/mol. The molecule has 1 saturated carbocycles. The number of halogens is 1. The Bertz CT molecular complexity index is 734. The second-order valence-electron chi connectivity index (χ2n) is 6.02. The number of sulfonamides is 1. The van der Waals surface area contributed by atoms with Gasteiger partial charge in [0.25, 0.3) is 0 Å². The van der Waals surface area contributed by atoms with Crippen LogP contribution in [0.5, 0.6) is 0 Å². The number of thioether (sulfide) groups is 1. The minimum absolute atomic E-state index is 0.0686. The number of hydrogen-bond donors (Lipinski definition) is 0. The van der Waals surface area contributed by atoms with Crippen molar-refractivity contribution in [1.82, 2.24) is 9.21 Å². The highest BCUT2D eigenvalue weighted by atomic mass is 35.5. The number of rotatable bonds is 4. The molecule has 2 fully saturated rings. The van der Waals surface area contributed by atoms with E-state index >= 15 is 0 Å². The van der Waals surface area contributed by atoms with Gasteiger partial charge in [0.15, 0.2) is 0 Å². The summed E-state index contributed by atoms with van der Waals surface area (Å²) in [6, 6.07) is 4.48. The van der Waals surface area contributed by atoms with Gasteiger partial charge in [-0.15, -0.1) is 11.8 Å². The van der Waals surface area contributed by atoms with E-state index in [-0.39, 0.29) is 27.7 Å². The van der Waals surface area contributed by atoms with Crippen LogP contribution >= 0.6 is 23.4 Å². The summed E-state index contributed by atoms with van der Waals surface area (Å²) >= 11 is 7.59. The zero-order chi connectivity index (χ0) is 16.8. The van der Waals surface area contributed by atoms with Crippen LogP contribution in [0.15, 0.2) is 23.1 Å². The molecule has 1 aromatic carbocycles. The number of likely N-dealkylation sites (N-methyl/N-ethyl adjacent to an activating group) is 1. The molecular formula is C15H19ClN2O3S2. The topological polar surface area (TPSA) is 57.7 Å². The highest BCUT2D eigenvalue weighted by Gasteiger charge is 2.44. The third kappa shape index (κ3) is 3.24. The fourth-order valence-corrected chi connectivity index (χ4v) is 6.39. The molecule has 1 unspecified atom stereocenters. The third-order valence-corrected chi connectivity index (χ3v) is 7.76. The fourth-order valence-electron chi connectivity index (χ4n) is 2.68. The molecule has 1 amide bonds. The van der Waals surface area contributed by atoms with Gasteiger partial charge in [0.2, 0.25) is 15.9 Å². The van der Waals surface area contributed by atoms with Gasteiger partial charge in [-0.25, -0.2) is 8.42 Å². The predicted octanol–water partition coefficient (Wildman–Crippen LogP) is 2.33. The summed E-state index contributed by atoms with van der Waals surface area (Å²) < 4.78 is 27.2. The maximum Gasteiger partial charge on any atom is 0.246 e. The van der Waals surface area contributed by atoms with Crippen LogP contribution in [0.4, 0.5) is 0 Å². The van der Waals surface area contributed by atoms with Crippen molar-refractivity contribution in [3.05, 3.63) is 28.8 Å². The summed E-state index contributed by atoms with van der Waals surface area (Å²) in [6.45, 7) is 1.85. The fraction of sp³-hybridized carbons (Fsp3) is 0.533. The van der Waals surface area contributed by atoms with Crippen molar-refractivity contribution >= 4 is 39.3 Å². The molecule has 1 aromatic rings. The van der Waals surface area contributed by atoms with E-state index in [1.807, 2.05) is 6.92 Å². The van der Waals surface area contributed by atoms with Gasteiger partial charge in [0, 0.05) is 18.8 Å². The van der Waals surface area contributed by atoms with Crippen LogP contribution < -0.4 is 0 Å². The van der Waals surface area contributed by atoms with E-state index in [0.717, 1.165) is 18.4 Å². The molecule has 3 rings (SSSR count). The van der Waals surface area contributed by atoms with Gasteiger partial charge >= 0.3 is 0 Å². The number of nitrogens with zero attached hydrogens (tertiary/aromatic N) is 2. The number of amides is 1. The Balaban J connectivity index is 1.90. The van der Waals surface area contributed by atoms with Crippen LogP contribution in [0.2, 0.25) is 5.02 Å². The zero-order valence-corrected chi connectivity index (χ0v) is 15.4. The van der Waals surface area contributed by atoms with Crippen molar-refractivity contribution in [3.63, 3.8) is 0 Å². The minimum Gasteiger partial charge on any atom is -0.341 e. The van der Waals surface area contributed by atoms with Gasteiger partial charge in [0.05, 0.1) is 10.9 Å². The molecule has 0 bridgehead atoms. The Hall–Kier alpha value is -0.760. The van der Waals surface area contributed by atoms with Gasteiger partial charge < -0.3 is 4.90 Å². The van der Waals surface area contributed by atoms with Crippen LogP contribution in [0, 0.1) is 6.92 Å². The Morgan fingerprint density at radius 1 is 1.39 bits per heavy atom. The van der Waals surface area contributed by atoms with Gasteiger partial charge in [0.1, 0.15) is 10.9 Å². The largest absolute Gasteiger partial charge is 0.341 e. The van der Waals surface area contributed by atoms with Crippen LogP contribution in [-0.4, -0.2) is 54.3 Å². The highest BCUT2D eigenvalue weighted by Crippen LogP contribution is 2.34. The van der Waals surface area contributed by atoms with Crippen molar-refractivity contribution in [1.29, 1.82) is 0 Å². The van der Waals surface area contributed by atoms with Gasteiger partial charge in [-0.2, -0.15) is 4.31 Å². The molecule has 8 heteroatoms. The number of carbonyl (C=O) groups excluding carboxylic acids is 1. The maximum absolute atomic E-state index is 12.9. The van der Waals surface area contributed by atoms with Crippen molar-refractivity contribution in [2.24, 2.45) is 0 Å². The molecule has 1 atom stereocenters. The Morgan fingerprint density at radius 3 is 2.70 bits per heavy atom. The van der Waals surface area contributed by atoms with E-state index < -0.39 is 16.1 Å². The van der Waals surface area contributed by atoms with Crippen LogP contribution in [0.1, 0.15) is 18.4 Å². The Labute approximate surface area is 146 Å². The molecule has 0 spiro atoms. The van der Waals surface area contributed by atoms with E-state index in [0.29, 0.717) is 5.75 Å². The van der Waals surface area contributed by atoms with E-state index in [2.05, 4.69) is 0 Å². The average molecular weight is 375 g/mol. The van der Waals surface area contributed by atoms with E-state index in [1.165, 1.54) is 22.1 Å². The number of benzene rings is 1. The van der Waals surface area contributed by atoms with Crippen LogP contribution in [0.3, 0.4) is 0 Å². The number of carbonyl (C=O) groups is 1. The standard InChI is InChI=1S/C15H19ClN2O3S2/c1-10-3-6-14(12(16)7-10)23(20,21)18-9-22-8-13(18)15(19)17(2)11-4-5-11/h3,6-7,11,13H,4-5,8-9H2,1-2H3. The molecule has 23 heavy (non-hydrogen) atoms. The quantitative estimate of drug-likeness (QED) is 0.811. The summed E-state index contributed by atoms with van der Waals surface area (Å²) in [6.07, 6.45) is 2.00. The lowest BCUT2D eigenvalue weighted by molar-refractivity contribution is -0.133. The maximum atomic E-state index is 12.9. The molecule has 1 saturated heterocycles. The molecule has 1 aliphatic carbocycles. The lowest BCUT2D eigenvalue weighted by Gasteiger charge is -2.27. The summed E-state index contributed by atoms with van der Waals surface area (Å²) in [5.74, 6) is 0.643. The predicted molar refractivity (Wildman–Crippen MR) is 92.1 cm³/mol. The smallest absolute Gasteiger partial charge is 0.246 e. The van der Waals surface area contributed by atoms with Crippen LogP contribution in [-0.2, 0) is 14.8 Å². The first-order valence-corrected chi connectivity index (χ1v) is 10.4. The minimum atomic E-state index is -3.79. The summed E-state index contributed by atoms with van der Waals surface area (Å²) in [7, 11) is -2.03. The summed E-state index contributed by atoms with van der Waals surface area (Å²) in [5, 5.41) is 0.198. The monoisotopic (exact) mass is 374 g/mol. The third-order valence-electron chi connectivity index (χ3n) is 4.24. The molecule has 126 valence electrons. The first kappa shape index (κ1) is 17.1. The lowest BCUT2D eigenvalue weighted by Crippen LogP contribution is -2.48. The first-order chi connectivity index (χ1) is 10.8. The number of hydrogen-bond acceptors (Lipinski definition) is 4. The van der Waals surface area contributed by atoms with Crippen molar-refractivity contribution in [3.8, 4) is 0 Å². The molecule has 0 N–H and O–H groups in total. The molecule has 0 radical (unpaired) electrons. The second-order valence-corrected chi connectivity index (χ2v) is 9.29. The SMILES string of the molecule is Cc1ccc(S(=O)(=O)N2CSCC2C(=O)N(C)C2CC2)c(Cl)c1. The Morgan fingerprint density at radius 2 is 2.09 bits per heavy atom. The molecule has 5 nitrogen and oxygen atoms in total. The average Bonchev–Trinajstić information content (AvgIpc) is 3.21. The molecule has 2 aliphatic rings. The van der Waals surface area contributed by atoms with Gasteiger partial charge in [-0.05, 0) is 37.5 Å². The van der Waals surface area contributed by atoms with Crippen molar-refractivity contribution in [2.45, 2.75) is 36.7 Å². The van der Waals surface area contributed by atoms with Crippen molar-refractivity contribution < 1.29 is 13.2 Å². The molecule has 1 aliphatic heterocycles. The van der Waals surface area contributed by atoms with Crippen LogP contribution in [0.25, 0.3) is 0 Å². The van der Waals surface area contributed by atoms with Gasteiger partial charge in [-0.1, -0.05) is 17.7 Å². The van der Waals surface area contributed by atoms with E-state index in [1.54, 1.807) is 24.1 Å². The molecule has 1 heterocycles. The van der Waals surface area contributed by atoms with E-state index in [9.17, 15) is 13.2 Å². The van der Waals surface area contributed by atoms with E-state index in [4.69, 9.17) is 11.6 Å². The van der Waals surface area contributed by atoms with Gasteiger partial charge in [-0.3, -0.25) is 4.79 Å². The Kier molecular flexibility index (Phi) is 4.66. The highest BCUT2D eigenvalue weighted by molar-refractivity contribution is 8.00. The first-order valence-electron chi connectivity index (χ1n) is 7.45. The van der Waals surface area contributed by atoms with Crippen molar-refractivity contribution in [2.75, 3.05) is 18.7 Å². The lowest BCUT2D eigenvalue weighted by atomic mass is 10.2. The second kappa shape index (κ2) is 6.27. The summed E-state index contributed by atoms with van der Waals surface area (Å²) in [5.41, 5.74) is 0.894. The normalized spacial score (nSPS) is 22.3. The number of aryl methyl sites for hydroxylation is 1. The molecule has 0 aromatic heterocycles. The summed E-state index contributed by atoms with van der Waals surface area (Å²) in [4.78, 5) is 14.4. The zero-order valence-electron chi connectivity index (χ0n) is 13.0.